The molecule has 1 aliphatic rings. The Hall–Kier alpha value is -2.26. The fourth-order valence-electron chi connectivity index (χ4n) is 1.84. The van der Waals surface area contributed by atoms with Crippen molar-refractivity contribution in [2.45, 2.75) is 19.3 Å². The number of imide groups is 1. The minimum atomic E-state index is -0.997. The summed E-state index contributed by atoms with van der Waals surface area (Å²) < 4.78 is 10.6. The molecule has 0 aromatic rings. The normalized spacial score (nSPS) is 13.6. The number of amides is 3. The van der Waals surface area contributed by atoms with Crippen LogP contribution in [0.3, 0.4) is 0 Å². The standard InChI is InChI=1S/C15H22N2O7/c18-12(2-5-15(21)22)16-6-1-8-23-10-11-24-9-7-17-13(19)3-4-14(17)20/h3-4H,1-2,5-11H2,(H,16,18)(H,21,22). The fraction of sp³-hybridized carbons (Fsp3) is 0.600. The first-order chi connectivity index (χ1) is 11.5. The predicted molar refractivity (Wildman–Crippen MR) is 82.0 cm³/mol. The first kappa shape index (κ1) is 19.8. The third-order valence-electron chi connectivity index (χ3n) is 3.09. The number of carboxylic acids is 1. The van der Waals surface area contributed by atoms with Crippen LogP contribution in [0.5, 0.6) is 0 Å². The van der Waals surface area contributed by atoms with Crippen LogP contribution < -0.4 is 5.32 Å². The molecule has 0 saturated heterocycles. The zero-order valence-electron chi connectivity index (χ0n) is 13.4. The van der Waals surface area contributed by atoms with Crippen LogP contribution in [-0.2, 0) is 28.7 Å². The Balaban J connectivity index is 1.85. The molecule has 24 heavy (non-hydrogen) atoms. The van der Waals surface area contributed by atoms with E-state index in [-0.39, 0.29) is 43.7 Å². The first-order valence-electron chi connectivity index (χ1n) is 7.68. The van der Waals surface area contributed by atoms with Crippen LogP contribution in [0, 0.1) is 0 Å². The molecule has 9 heteroatoms. The lowest BCUT2D eigenvalue weighted by molar-refractivity contribution is -0.139. The van der Waals surface area contributed by atoms with E-state index in [9.17, 15) is 19.2 Å². The summed E-state index contributed by atoms with van der Waals surface area (Å²) in [5.74, 6) is -1.94. The van der Waals surface area contributed by atoms with Crippen LogP contribution in [0.2, 0.25) is 0 Å². The number of carbonyl (C=O) groups excluding carboxylic acids is 3. The molecule has 0 atom stereocenters. The van der Waals surface area contributed by atoms with Gasteiger partial charge in [0.15, 0.2) is 0 Å². The zero-order valence-corrected chi connectivity index (χ0v) is 13.4. The van der Waals surface area contributed by atoms with Crippen LogP contribution in [0.4, 0.5) is 0 Å². The molecule has 1 heterocycles. The molecule has 134 valence electrons. The highest BCUT2D eigenvalue weighted by Crippen LogP contribution is 2.02. The van der Waals surface area contributed by atoms with Gasteiger partial charge >= 0.3 is 5.97 Å². The monoisotopic (exact) mass is 342 g/mol. The van der Waals surface area contributed by atoms with Crippen molar-refractivity contribution in [3.05, 3.63) is 12.2 Å². The third-order valence-corrected chi connectivity index (χ3v) is 3.09. The number of carbonyl (C=O) groups is 4. The summed E-state index contributed by atoms with van der Waals surface area (Å²) in [5.41, 5.74) is 0. The molecule has 0 bridgehead atoms. The molecule has 0 radical (unpaired) electrons. The van der Waals surface area contributed by atoms with E-state index in [2.05, 4.69) is 5.32 Å². The number of nitrogens with one attached hydrogen (secondary N) is 1. The second kappa shape index (κ2) is 11.3. The maximum Gasteiger partial charge on any atom is 0.303 e. The third kappa shape index (κ3) is 8.39. The Morgan fingerprint density at radius 3 is 2.25 bits per heavy atom. The number of hydrogen-bond acceptors (Lipinski definition) is 6. The molecule has 0 spiro atoms. The second-order valence-corrected chi connectivity index (χ2v) is 4.98. The average Bonchev–Trinajstić information content (AvgIpc) is 2.86. The van der Waals surface area contributed by atoms with Crippen molar-refractivity contribution >= 4 is 23.7 Å². The van der Waals surface area contributed by atoms with Gasteiger partial charge in [0.2, 0.25) is 5.91 Å². The molecule has 0 fully saturated rings. The highest BCUT2D eigenvalue weighted by molar-refractivity contribution is 6.12. The van der Waals surface area contributed by atoms with Crippen LogP contribution in [0.15, 0.2) is 12.2 Å². The van der Waals surface area contributed by atoms with Crippen molar-refractivity contribution in [1.82, 2.24) is 10.2 Å². The van der Waals surface area contributed by atoms with Crippen LogP contribution in [-0.4, -0.2) is 73.2 Å². The molecular formula is C15H22N2O7. The minimum Gasteiger partial charge on any atom is -0.481 e. The van der Waals surface area contributed by atoms with E-state index in [1.54, 1.807) is 0 Å². The van der Waals surface area contributed by atoms with E-state index in [1.165, 1.54) is 12.2 Å². The van der Waals surface area contributed by atoms with Gasteiger partial charge in [-0.05, 0) is 6.42 Å². The van der Waals surface area contributed by atoms with Gasteiger partial charge in [-0.15, -0.1) is 0 Å². The number of nitrogens with zero attached hydrogens (tertiary/aromatic N) is 1. The smallest absolute Gasteiger partial charge is 0.303 e. The van der Waals surface area contributed by atoms with Gasteiger partial charge in [-0.1, -0.05) is 0 Å². The van der Waals surface area contributed by atoms with Crippen molar-refractivity contribution in [2.24, 2.45) is 0 Å². The number of aliphatic carboxylic acids is 1. The summed E-state index contributed by atoms with van der Waals surface area (Å²) in [6, 6.07) is 0. The van der Waals surface area contributed by atoms with Gasteiger partial charge in [-0.2, -0.15) is 0 Å². The van der Waals surface area contributed by atoms with E-state index >= 15 is 0 Å². The summed E-state index contributed by atoms with van der Waals surface area (Å²) >= 11 is 0. The van der Waals surface area contributed by atoms with E-state index in [0.29, 0.717) is 32.8 Å². The maximum absolute atomic E-state index is 11.3. The zero-order chi connectivity index (χ0) is 17.8. The molecular weight excluding hydrogens is 320 g/mol. The molecule has 1 rings (SSSR count). The largest absolute Gasteiger partial charge is 0.481 e. The first-order valence-corrected chi connectivity index (χ1v) is 7.68. The van der Waals surface area contributed by atoms with Crippen molar-refractivity contribution in [3.63, 3.8) is 0 Å². The van der Waals surface area contributed by atoms with Crippen LogP contribution in [0.25, 0.3) is 0 Å². The van der Waals surface area contributed by atoms with Gasteiger partial charge < -0.3 is 19.9 Å². The van der Waals surface area contributed by atoms with E-state index in [4.69, 9.17) is 14.6 Å². The summed E-state index contributed by atoms with van der Waals surface area (Å²) in [5, 5.41) is 11.0. The van der Waals surface area contributed by atoms with Gasteiger partial charge in [0.25, 0.3) is 11.8 Å². The molecule has 3 amide bonds. The van der Waals surface area contributed by atoms with Crippen molar-refractivity contribution < 1.29 is 33.8 Å². The summed E-state index contributed by atoms with van der Waals surface area (Å²) in [6.45, 7) is 2.04. The Labute approximate surface area is 139 Å². The van der Waals surface area contributed by atoms with E-state index < -0.39 is 5.97 Å². The van der Waals surface area contributed by atoms with E-state index in [0.717, 1.165) is 4.90 Å². The fourth-order valence-corrected chi connectivity index (χ4v) is 1.84. The van der Waals surface area contributed by atoms with Gasteiger partial charge in [0.05, 0.1) is 32.8 Å². The van der Waals surface area contributed by atoms with Crippen molar-refractivity contribution in [3.8, 4) is 0 Å². The quantitative estimate of drug-likeness (QED) is 0.336. The van der Waals surface area contributed by atoms with Gasteiger partial charge in [0.1, 0.15) is 0 Å². The second-order valence-electron chi connectivity index (χ2n) is 4.98. The molecule has 1 aliphatic heterocycles. The molecule has 0 saturated carbocycles. The minimum absolute atomic E-state index is 0.0262. The Morgan fingerprint density at radius 2 is 1.62 bits per heavy atom. The number of ether oxygens (including phenoxy) is 2. The average molecular weight is 342 g/mol. The number of rotatable bonds is 13. The highest BCUT2D eigenvalue weighted by Gasteiger charge is 2.22. The van der Waals surface area contributed by atoms with Gasteiger partial charge in [-0.3, -0.25) is 24.1 Å². The van der Waals surface area contributed by atoms with Crippen LogP contribution in [0.1, 0.15) is 19.3 Å². The summed E-state index contributed by atoms with van der Waals surface area (Å²) in [4.78, 5) is 45.1. The molecule has 0 aliphatic carbocycles. The lowest BCUT2D eigenvalue weighted by Crippen LogP contribution is -2.33. The summed E-state index contributed by atoms with van der Waals surface area (Å²) in [6.07, 6.45) is 2.87. The Bertz CT molecular complexity index is 472. The number of carboxylic acid groups (broad SMARTS) is 1. The summed E-state index contributed by atoms with van der Waals surface area (Å²) in [7, 11) is 0. The predicted octanol–water partition coefficient (Wildman–Crippen LogP) is -0.684. The van der Waals surface area contributed by atoms with Gasteiger partial charge in [-0.25, -0.2) is 0 Å². The Morgan fingerprint density at radius 1 is 1.00 bits per heavy atom. The van der Waals surface area contributed by atoms with Crippen molar-refractivity contribution in [1.29, 1.82) is 0 Å². The lowest BCUT2D eigenvalue weighted by atomic mass is 10.3. The van der Waals surface area contributed by atoms with Gasteiger partial charge in [0, 0.05) is 31.7 Å². The SMILES string of the molecule is O=C(O)CCC(=O)NCCCOCCOCCN1C(=O)C=CC1=O. The molecule has 0 aromatic carbocycles. The molecule has 9 nitrogen and oxygen atoms in total. The topological polar surface area (TPSA) is 122 Å². The maximum atomic E-state index is 11.3. The number of hydrogen-bond donors (Lipinski definition) is 2. The van der Waals surface area contributed by atoms with Crippen LogP contribution >= 0.6 is 0 Å². The Kier molecular flexibility index (Phi) is 9.32. The highest BCUT2D eigenvalue weighted by atomic mass is 16.5. The molecule has 2 N–H and O–H groups in total. The molecule has 0 unspecified atom stereocenters. The van der Waals surface area contributed by atoms with Crippen molar-refractivity contribution in [2.75, 3.05) is 39.5 Å². The van der Waals surface area contributed by atoms with E-state index in [1.807, 2.05) is 0 Å². The lowest BCUT2D eigenvalue weighted by Gasteiger charge is -2.13. The molecule has 0 aromatic heterocycles.